The molecule has 0 aliphatic rings. The fourth-order valence-corrected chi connectivity index (χ4v) is 3.93. The normalized spacial score (nSPS) is 11.8. The lowest BCUT2D eigenvalue weighted by Gasteiger charge is -2.22. The summed E-state index contributed by atoms with van der Waals surface area (Å²) < 4.78 is 5.71. The molecule has 0 amide bonds. The predicted octanol–water partition coefficient (Wildman–Crippen LogP) is 6.22. The summed E-state index contributed by atoms with van der Waals surface area (Å²) in [6.45, 7) is 15.0. The minimum absolute atomic E-state index is 0.153. The monoisotopic (exact) mass is 423 g/mol. The van der Waals surface area contributed by atoms with Crippen molar-refractivity contribution >= 4 is 0 Å². The highest BCUT2D eigenvalue weighted by atomic mass is 16.5. The Kier molecular flexibility index (Phi) is 6.73. The van der Waals surface area contributed by atoms with Crippen molar-refractivity contribution in [1.82, 2.24) is 14.4 Å². The molecule has 0 radical (unpaired) electrons. The summed E-state index contributed by atoms with van der Waals surface area (Å²) in [6.07, 6.45) is 6.23. The summed E-state index contributed by atoms with van der Waals surface area (Å²) >= 11 is 0. The molecular weight excluding hydrogens is 386 g/mol. The molecule has 5 nitrogen and oxygen atoms in total. The summed E-state index contributed by atoms with van der Waals surface area (Å²) in [5, 5.41) is 11.2. The van der Waals surface area contributed by atoms with Crippen LogP contribution in [0.4, 0.5) is 0 Å². The van der Waals surface area contributed by atoms with E-state index in [0.29, 0.717) is 12.4 Å². The van der Waals surface area contributed by atoms with Crippen molar-refractivity contribution in [3.63, 3.8) is 0 Å². The summed E-state index contributed by atoms with van der Waals surface area (Å²) in [4.78, 5) is 6.11. The largest absolute Gasteiger partial charge is 0.505 e. The van der Waals surface area contributed by atoms with Crippen molar-refractivity contribution < 1.29 is 9.84 Å². The highest BCUT2D eigenvalue weighted by Crippen LogP contribution is 2.38. The zero-order valence-corrected chi connectivity index (χ0v) is 19.9. The molecule has 3 rings (SSSR count). The molecule has 0 aliphatic carbocycles. The molecule has 1 aromatic heterocycles. The Morgan fingerprint density at radius 3 is 2.42 bits per heavy atom. The smallest absolute Gasteiger partial charge is 0.146 e. The van der Waals surface area contributed by atoms with Crippen LogP contribution in [0.15, 0.2) is 43.0 Å². The van der Waals surface area contributed by atoms with Gasteiger partial charge in [-0.15, -0.1) is 6.58 Å². The molecular formula is C26H37N3O2. The quantitative estimate of drug-likeness (QED) is 0.328. The van der Waals surface area contributed by atoms with Gasteiger partial charge in [-0.2, -0.15) is 14.4 Å². The number of aromatic hydroxyl groups is 1. The third kappa shape index (κ3) is 4.92. The van der Waals surface area contributed by atoms with Crippen LogP contribution in [0.5, 0.6) is 11.5 Å². The Labute approximate surface area is 186 Å². The first-order chi connectivity index (χ1) is 14.7. The van der Waals surface area contributed by atoms with Crippen LogP contribution >= 0.6 is 0 Å². The topological polar surface area (TPSA) is 44.2 Å². The van der Waals surface area contributed by atoms with Gasteiger partial charge < -0.3 is 9.84 Å². The molecule has 0 aliphatic heterocycles. The van der Waals surface area contributed by atoms with Gasteiger partial charge in [-0.3, -0.25) is 0 Å². The van der Waals surface area contributed by atoms with E-state index in [-0.39, 0.29) is 5.41 Å². The highest BCUT2D eigenvalue weighted by Gasteiger charge is 2.27. The third-order valence-electron chi connectivity index (χ3n) is 5.70. The first-order valence-corrected chi connectivity index (χ1v) is 11.2. The number of allylic oxidation sites excluding steroid dienone is 1. The van der Waals surface area contributed by atoms with Gasteiger partial charge in [0.15, 0.2) is 0 Å². The Morgan fingerprint density at radius 2 is 1.77 bits per heavy atom. The maximum Gasteiger partial charge on any atom is 0.146 e. The summed E-state index contributed by atoms with van der Waals surface area (Å²) in [7, 11) is 2.00. The average molecular weight is 424 g/mol. The SMILES string of the molecule is C=CCCCCc1cc(-n2n(C)n2-c2cc(OCC)ccc2C)c(O)c(C(C)(C)C)c1. The van der Waals surface area contributed by atoms with E-state index in [1.54, 1.807) is 0 Å². The molecule has 0 saturated carbocycles. The summed E-state index contributed by atoms with van der Waals surface area (Å²) in [5.41, 5.74) is 5.08. The van der Waals surface area contributed by atoms with Gasteiger partial charge in [0, 0.05) is 18.7 Å². The van der Waals surface area contributed by atoms with Crippen LogP contribution in [-0.2, 0) is 18.9 Å². The Morgan fingerprint density at radius 1 is 1.06 bits per heavy atom. The number of rotatable bonds is 9. The molecule has 2 aromatic carbocycles. The van der Waals surface area contributed by atoms with Crippen LogP contribution in [-0.4, -0.2) is 26.1 Å². The van der Waals surface area contributed by atoms with E-state index in [0.717, 1.165) is 53.9 Å². The van der Waals surface area contributed by atoms with Crippen LogP contribution in [0, 0.1) is 6.92 Å². The maximum absolute atomic E-state index is 11.2. The molecule has 168 valence electrons. The van der Waals surface area contributed by atoms with Crippen LogP contribution in [0.1, 0.15) is 63.6 Å². The lowest BCUT2D eigenvalue weighted by molar-refractivity contribution is 0.340. The van der Waals surface area contributed by atoms with E-state index >= 15 is 0 Å². The van der Waals surface area contributed by atoms with Gasteiger partial charge in [-0.1, -0.05) is 39.0 Å². The Hall–Kier alpha value is -2.82. The molecule has 0 bridgehead atoms. The van der Waals surface area contributed by atoms with E-state index in [9.17, 15) is 5.11 Å². The van der Waals surface area contributed by atoms with Crippen LogP contribution in [0.3, 0.4) is 0 Å². The number of unbranched alkanes of at least 4 members (excludes halogenated alkanes) is 2. The van der Waals surface area contributed by atoms with Gasteiger partial charge in [0.2, 0.25) is 0 Å². The van der Waals surface area contributed by atoms with Crippen molar-refractivity contribution in [3.8, 4) is 22.9 Å². The first kappa shape index (κ1) is 22.9. The maximum atomic E-state index is 11.2. The zero-order valence-electron chi connectivity index (χ0n) is 19.9. The lowest BCUT2D eigenvalue weighted by atomic mass is 9.84. The van der Waals surface area contributed by atoms with Crippen molar-refractivity contribution in [2.75, 3.05) is 6.61 Å². The standard InChI is InChI=1S/C26H37N3O2/c1-8-10-11-12-13-20-16-22(26(4,5)6)25(30)24(17-20)29-27(7)28(29)23-18-21(31-9-2)15-14-19(23)3/h8,14-18,30H,1,9-13H2,2-7H3. The second-order valence-corrected chi connectivity index (χ2v) is 9.25. The minimum atomic E-state index is -0.153. The highest BCUT2D eigenvalue weighted by molar-refractivity contribution is 5.56. The molecule has 5 heteroatoms. The van der Waals surface area contributed by atoms with Crippen molar-refractivity contribution in [2.45, 2.75) is 65.7 Å². The van der Waals surface area contributed by atoms with E-state index < -0.39 is 0 Å². The van der Waals surface area contributed by atoms with E-state index in [1.165, 1.54) is 5.56 Å². The average Bonchev–Trinajstić information content (AvgIpc) is 3.37. The van der Waals surface area contributed by atoms with E-state index in [2.05, 4.69) is 63.3 Å². The molecule has 1 N–H and O–H groups in total. The Bertz CT molecular complexity index is 1040. The van der Waals surface area contributed by atoms with Crippen LogP contribution in [0.2, 0.25) is 0 Å². The Balaban J connectivity index is 2.04. The van der Waals surface area contributed by atoms with Crippen LogP contribution in [0.25, 0.3) is 11.4 Å². The van der Waals surface area contributed by atoms with Gasteiger partial charge in [0.25, 0.3) is 0 Å². The van der Waals surface area contributed by atoms with Gasteiger partial charge in [0.1, 0.15) is 17.2 Å². The molecule has 3 aromatic rings. The molecule has 1 heterocycles. The molecule has 31 heavy (non-hydrogen) atoms. The zero-order chi connectivity index (χ0) is 22.8. The van der Waals surface area contributed by atoms with Gasteiger partial charge in [0.05, 0.1) is 12.3 Å². The molecule has 0 spiro atoms. The minimum Gasteiger partial charge on any atom is -0.505 e. The molecule has 0 saturated heterocycles. The number of benzene rings is 2. The fraction of sp³-hybridized carbons (Fsp3) is 0.462. The number of phenolic OH excluding ortho intramolecular Hbond substituents is 1. The molecule has 0 fully saturated rings. The number of aryl methyl sites for hydroxylation is 2. The molecule has 0 unspecified atom stereocenters. The van der Waals surface area contributed by atoms with Gasteiger partial charge in [-0.25, -0.2) is 0 Å². The van der Waals surface area contributed by atoms with Crippen molar-refractivity contribution in [2.24, 2.45) is 7.05 Å². The predicted molar refractivity (Wildman–Crippen MR) is 128 cm³/mol. The number of hydrogen-bond donors (Lipinski definition) is 1. The number of nitrogens with zero attached hydrogens (tertiary/aromatic N) is 3. The third-order valence-corrected chi connectivity index (χ3v) is 5.70. The van der Waals surface area contributed by atoms with Gasteiger partial charge >= 0.3 is 0 Å². The van der Waals surface area contributed by atoms with E-state index in [1.807, 2.05) is 35.7 Å². The number of phenols is 1. The first-order valence-electron chi connectivity index (χ1n) is 11.2. The summed E-state index contributed by atoms with van der Waals surface area (Å²) in [6, 6.07) is 10.4. The summed E-state index contributed by atoms with van der Waals surface area (Å²) in [5.74, 6) is 1.19. The number of ether oxygens (including phenoxy) is 1. The lowest BCUT2D eigenvalue weighted by Crippen LogP contribution is -2.13. The van der Waals surface area contributed by atoms with E-state index in [4.69, 9.17) is 4.74 Å². The second-order valence-electron chi connectivity index (χ2n) is 9.25. The van der Waals surface area contributed by atoms with Crippen molar-refractivity contribution in [1.29, 1.82) is 0 Å². The number of aromatic nitrogens is 3. The molecule has 0 atom stereocenters. The van der Waals surface area contributed by atoms with Crippen LogP contribution < -0.4 is 4.74 Å². The van der Waals surface area contributed by atoms with Gasteiger partial charge in [-0.05, 0) is 68.2 Å². The second kappa shape index (κ2) is 9.13. The number of hydrogen-bond acceptors (Lipinski definition) is 2. The van der Waals surface area contributed by atoms with Crippen molar-refractivity contribution in [3.05, 3.63) is 59.7 Å². The fourth-order valence-electron chi connectivity index (χ4n) is 3.93.